The number of rotatable bonds is 2. The summed E-state index contributed by atoms with van der Waals surface area (Å²) < 4.78 is 5.44. The number of likely N-dealkylation sites (tertiary alicyclic amines) is 1. The molecule has 0 N–H and O–H groups in total. The lowest BCUT2D eigenvalue weighted by Gasteiger charge is -2.33. The molecule has 0 aromatic rings. The van der Waals surface area contributed by atoms with E-state index in [-0.39, 0.29) is 17.6 Å². The molecule has 16 heavy (non-hydrogen) atoms. The van der Waals surface area contributed by atoms with Crippen molar-refractivity contribution < 1.29 is 9.53 Å². The number of piperidine rings is 1. The average Bonchev–Trinajstić information content (AvgIpc) is 2.74. The molecule has 2 rings (SSSR count). The van der Waals surface area contributed by atoms with Crippen molar-refractivity contribution in [2.75, 3.05) is 6.54 Å². The Hall–Kier alpha value is -0.570. The number of carbonyl (C=O) groups is 1. The summed E-state index contributed by atoms with van der Waals surface area (Å²) in [5, 5.41) is 0. The van der Waals surface area contributed by atoms with Crippen LogP contribution in [0, 0.1) is 5.92 Å². The second kappa shape index (κ2) is 4.02. The third-order valence-electron chi connectivity index (χ3n) is 3.70. The number of hydrogen-bond acceptors (Lipinski definition) is 3. The van der Waals surface area contributed by atoms with Crippen LogP contribution in [0.25, 0.3) is 0 Å². The van der Waals surface area contributed by atoms with Crippen LogP contribution >= 0.6 is 0 Å². The summed E-state index contributed by atoms with van der Waals surface area (Å²) in [4.78, 5) is 14.3. The molecule has 3 heteroatoms. The van der Waals surface area contributed by atoms with Crippen molar-refractivity contribution in [1.82, 2.24) is 4.90 Å². The van der Waals surface area contributed by atoms with Gasteiger partial charge in [-0.05, 0) is 52.9 Å². The number of fused-ring (bicyclic) bond motifs is 2. The molecule has 1 saturated heterocycles. The topological polar surface area (TPSA) is 29.5 Å². The largest absolute Gasteiger partial charge is 0.459 e. The molecule has 0 amide bonds. The summed E-state index contributed by atoms with van der Waals surface area (Å²) in [7, 11) is 0. The first-order chi connectivity index (χ1) is 7.37. The third-order valence-corrected chi connectivity index (χ3v) is 3.70. The molecule has 0 aromatic carbocycles. The van der Waals surface area contributed by atoms with Crippen LogP contribution in [-0.2, 0) is 9.53 Å². The Kier molecular flexibility index (Phi) is 2.99. The van der Waals surface area contributed by atoms with E-state index in [0.29, 0.717) is 6.04 Å². The average molecular weight is 225 g/mol. The summed E-state index contributed by atoms with van der Waals surface area (Å²) in [6, 6.07) is 0.557. The van der Waals surface area contributed by atoms with Gasteiger partial charge in [-0.2, -0.15) is 0 Å². The van der Waals surface area contributed by atoms with Crippen LogP contribution < -0.4 is 0 Å². The molecule has 2 fully saturated rings. The van der Waals surface area contributed by atoms with Crippen molar-refractivity contribution >= 4 is 5.97 Å². The minimum absolute atomic E-state index is 0.0694. The molecular formula is C13H23NO2. The van der Waals surface area contributed by atoms with Crippen molar-refractivity contribution in [1.29, 1.82) is 0 Å². The summed E-state index contributed by atoms with van der Waals surface area (Å²) in [5.41, 5.74) is -0.371. The lowest BCUT2D eigenvalue weighted by Crippen LogP contribution is -2.46. The first-order valence-electron chi connectivity index (χ1n) is 6.35. The van der Waals surface area contributed by atoms with Crippen LogP contribution in [0.4, 0.5) is 0 Å². The molecule has 1 aliphatic heterocycles. The number of hydrogen-bond donors (Lipinski definition) is 0. The number of ether oxygens (including phenoxy) is 1. The van der Waals surface area contributed by atoms with Crippen LogP contribution in [-0.4, -0.2) is 35.1 Å². The predicted octanol–water partition coefficient (Wildman–Crippen LogP) is 2.20. The molecule has 92 valence electrons. The molecule has 0 aromatic heterocycles. The van der Waals surface area contributed by atoms with E-state index in [4.69, 9.17) is 4.74 Å². The maximum atomic E-state index is 12.0. The zero-order chi connectivity index (χ0) is 11.9. The molecule has 3 nitrogen and oxygen atoms in total. The summed E-state index contributed by atoms with van der Waals surface area (Å²) in [6.07, 6.45) is 3.90. The normalized spacial score (nSPS) is 31.8. The first-order valence-corrected chi connectivity index (χ1v) is 6.35. The van der Waals surface area contributed by atoms with E-state index in [0.717, 1.165) is 12.5 Å². The zero-order valence-corrected chi connectivity index (χ0v) is 10.8. The van der Waals surface area contributed by atoms with Gasteiger partial charge in [0, 0.05) is 12.6 Å². The lowest BCUT2D eigenvalue weighted by molar-refractivity contribution is -0.161. The molecular weight excluding hydrogens is 202 g/mol. The molecule has 1 aliphatic carbocycles. The fourth-order valence-corrected chi connectivity index (χ4v) is 2.96. The Labute approximate surface area is 98.1 Å². The van der Waals surface area contributed by atoms with Gasteiger partial charge in [-0.3, -0.25) is 9.69 Å². The van der Waals surface area contributed by atoms with Crippen molar-refractivity contribution in [2.24, 2.45) is 5.92 Å². The van der Waals surface area contributed by atoms with E-state index in [9.17, 15) is 4.79 Å². The van der Waals surface area contributed by atoms with Gasteiger partial charge in [-0.25, -0.2) is 0 Å². The highest BCUT2D eigenvalue weighted by molar-refractivity contribution is 5.75. The minimum Gasteiger partial charge on any atom is -0.459 e. The van der Waals surface area contributed by atoms with Crippen molar-refractivity contribution in [3.63, 3.8) is 0 Å². The lowest BCUT2D eigenvalue weighted by atomic mass is 10.1. The molecule has 1 heterocycles. The fourth-order valence-electron chi connectivity index (χ4n) is 2.96. The fraction of sp³-hybridized carbons (Fsp3) is 0.923. The van der Waals surface area contributed by atoms with Gasteiger partial charge in [-0.1, -0.05) is 0 Å². The third kappa shape index (κ3) is 2.40. The SMILES string of the molecule is CC(C(=O)OC(C)(C)C)N1CC2CCC1C2. The van der Waals surface area contributed by atoms with Gasteiger partial charge in [0.2, 0.25) is 0 Å². The van der Waals surface area contributed by atoms with Crippen LogP contribution in [0.2, 0.25) is 0 Å². The standard InChI is InChI=1S/C13H23NO2/c1-9(12(15)16-13(2,3)4)14-8-10-5-6-11(14)7-10/h9-11H,5-8H2,1-4H3. The maximum absolute atomic E-state index is 12.0. The van der Waals surface area contributed by atoms with Gasteiger partial charge in [0.25, 0.3) is 0 Å². The Morgan fingerprint density at radius 1 is 1.38 bits per heavy atom. The van der Waals surface area contributed by atoms with Crippen LogP contribution in [0.1, 0.15) is 47.0 Å². The molecule has 0 spiro atoms. The molecule has 1 saturated carbocycles. The zero-order valence-electron chi connectivity index (χ0n) is 10.8. The highest BCUT2D eigenvalue weighted by atomic mass is 16.6. The van der Waals surface area contributed by atoms with Crippen molar-refractivity contribution in [3.05, 3.63) is 0 Å². The summed E-state index contributed by atoms with van der Waals surface area (Å²) in [5.74, 6) is 0.759. The second-order valence-corrected chi connectivity index (χ2v) is 6.24. The molecule has 2 bridgehead atoms. The Bertz CT molecular complexity index is 282. The summed E-state index contributed by atoms with van der Waals surface area (Å²) >= 11 is 0. The van der Waals surface area contributed by atoms with Gasteiger partial charge < -0.3 is 4.74 Å². The van der Waals surface area contributed by atoms with Gasteiger partial charge in [0.1, 0.15) is 11.6 Å². The first kappa shape index (κ1) is 11.9. The highest BCUT2D eigenvalue weighted by Gasteiger charge is 2.42. The Balaban J connectivity index is 1.92. The van der Waals surface area contributed by atoms with Crippen LogP contribution in [0.5, 0.6) is 0 Å². The monoisotopic (exact) mass is 225 g/mol. The van der Waals surface area contributed by atoms with E-state index < -0.39 is 0 Å². The smallest absolute Gasteiger partial charge is 0.323 e. The van der Waals surface area contributed by atoms with E-state index in [1.807, 2.05) is 27.7 Å². The van der Waals surface area contributed by atoms with Gasteiger partial charge in [0.15, 0.2) is 0 Å². The van der Waals surface area contributed by atoms with Crippen molar-refractivity contribution in [2.45, 2.75) is 64.6 Å². The molecule has 3 atom stereocenters. The quantitative estimate of drug-likeness (QED) is 0.675. The maximum Gasteiger partial charge on any atom is 0.323 e. The van der Waals surface area contributed by atoms with E-state index in [2.05, 4.69) is 4.90 Å². The number of carbonyl (C=O) groups excluding carboxylic acids is 1. The van der Waals surface area contributed by atoms with E-state index in [1.165, 1.54) is 19.3 Å². The van der Waals surface area contributed by atoms with Gasteiger partial charge >= 0.3 is 5.97 Å². The summed E-state index contributed by atoms with van der Waals surface area (Å²) in [6.45, 7) is 8.84. The Morgan fingerprint density at radius 3 is 2.50 bits per heavy atom. The molecule has 2 aliphatic rings. The predicted molar refractivity (Wildman–Crippen MR) is 63.1 cm³/mol. The minimum atomic E-state index is -0.371. The highest BCUT2D eigenvalue weighted by Crippen LogP contribution is 2.38. The van der Waals surface area contributed by atoms with E-state index >= 15 is 0 Å². The Morgan fingerprint density at radius 2 is 2.06 bits per heavy atom. The van der Waals surface area contributed by atoms with Crippen molar-refractivity contribution in [3.8, 4) is 0 Å². The van der Waals surface area contributed by atoms with Gasteiger partial charge in [-0.15, -0.1) is 0 Å². The number of nitrogens with zero attached hydrogens (tertiary/aromatic N) is 1. The molecule has 3 unspecified atom stereocenters. The van der Waals surface area contributed by atoms with E-state index in [1.54, 1.807) is 0 Å². The number of esters is 1. The van der Waals surface area contributed by atoms with Crippen LogP contribution in [0.3, 0.4) is 0 Å². The van der Waals surface area contributed by atoms with Crippen LogP contribution in [0.15, 0.2) is 0 Å². The van der Waals surface area contributed by atoms with Gasteiger partial charge in [0.05, 0.1) is 0 Å². The second-order valence-electron chi connectivity index (χ2n) is 6.24. The molecule has 0 radical (unpaired) electrons.